The monoisotopic (exact) mass is 407 g/mol. The zero-order valence-electron chi connectivity index (χ0n) is 16.2. The summed E-state index contributed by atoms with van der Waals surface area (Å²) in [6.07, 6.45) is 2.94. The summed E-state index contributed by atoms with van der Waals surface area (Å²) in [6.45, 7) is -0.159. The van der Waals surface area contributed by atoms with E-state index in [1.54, 1.807) is 55.8 Å². The summed E-state index contributed by atoms with van der Waals surface area (Å²) < 4.78 is 26.2. The first-order chi connectivity index (χ1) is 14.7. The van der Waals surface area contributed by atoms with Crippen LogP contribution < -0.4 is 9.47 Å². The van der Waals surface area contributed by atoms with Gasteiger partial charge in [-0.15, -0.1) is 0 Å². The highest BCUT2D eigenvalue weighted by molar-refractivity contribution is 5.89. The van der Waals surface area contributed by atoms with Gasteiger partial charge >= 0.3 is 5.97 Å². The third-order valence-corrected chi connectivity index (χ3v) is 4.28. The van der Waals surface area contributed by atoms with Gasteiger partial charge in [-0.1, -0.05) is 17.3 Å². The van der Waals surface area contributed by atoms with Crippen LogP contribution in [0.1, 0.15) is 16.2 Å². The Bertz CT molecular complexity index is 1140. The van der Waals surface area contributed by atoms with Crippen molar-refractivity contribution in [3.63, 3.8) is 0 Å². The minimum absolute atomic E-state index is 0.159. The Balaban J connectivity index is 1.41. The molecular weight excluding hydrogens is 390 g/mol. The predicted octanol–water partition coefficient (Wildman–Crippen LogP) is 3.77. The Morgan fingerprint density at radius 2 is 1.90 bits per heavy atom. The van der Waals surface area contributed by atoms with Crippen molar-refractivity contribution >= 4 is 5.97 Å². The lowest BCUT2D eigenvalue weighted by Crippen LogP contribution is -2.05. The molecule has 0 saturated carbocycles. The van der Waals surface area contributed by atoms with E-state index in [1.165, 1.54) is 13.5 Å². The lowest BCUT2D eigenvalue weighted by atomic mass is 10.1. The van der Waals surface area contributed by atoms with Gasteiger partial charge in [-0.25, -0.2) is 9.78 Å². The van der Waals surface area contributed by atoms with Crippen molar-refractivity contribution in [1.29, 1.82) is 0 Å². The maximum atomic E-state index is 12.3. The SMILES string of the molecule is COc1ccc(-c2noc(COC(=O)c3ccc(-c4cnco4)cc3)n2)c(OC)c1. The van der Waals surface area contributed by atoms with Gasteiger partial charge < -0.3 is 23.2 Å². The summed E-state index contributed by atoms with van der Waals surface area (Å²) in [5, 5.41) is 3.93. The van der Waals surface area contributed by atoms with E-state index in [1.807, 2.05) is 0 Å². The Kier molecular flexibility index (Phi) is 5.42. The van der Waals surface area contributed by atoms with Crippen molar-refractivity contribution in [2.75, 3.05) is 14.2 Å². The fraction of sp³-hybridized carbons (Fsp3) is 0.143. The van der Waals surface area contributed by atoms with Crippen LogP contribution in [-0.2, 0) is 11.3 Å². The van der Waals surface area contributed by atoms with Gasteiger partial charge in [0.25, 0.3) is 5.89 Å². The predicted molar refractivity (Wildman–Crippen MR) is 104 cm³/mol. The van der Waals surface area contributed by atoms with Gasteiger partial charge in [-0.05, 0) is 24.3 Å². The van der Waals surface area contributed by atoms with Crippen molar-refractivity contribution in [3.05, 3.63) is 66.5 Å². The number of ether oxygens (including phenoxy) is 3. The highest BCUT2D eigenvalue weighted by atomic mass is 16.6. The molecule has 0 atom stereocenters. The molecule has 30 heavy (non-hydrogen) atoms. The van der Waals surface area contributed by atoms with Crippen molar-refractivity contribution in [2.24, 2.45) is 0 Å². The zero-order valence-corrected chi connectivity index (χ0v) is 16.2. The number of hydrogen-bond donors (Lipinski definition) is 0. The average Bonchev–Trinajstić information content (AvgIpc) is 3.49. The smallest absolute Gasteiger partial charge is 0.338 e. The molecule has 0 radical (unpaired) electrons. The molecular formula is C21H17N3O6. The normalized spacial score (nSPS) is 10.6. The van der Waals surface area contributed by atoms with E-state index < -0.39 is 5.97 Å². The molecule has 0 amide bonds. The maximum absolute atomic E-state index is 12.3. The van der Waals surface area contributed by atoms with E-state index in [9.17, 15) is 4.79 Å². The summed E-state index contributed by atoms with van der Waals surface area (Å²) in [5.74, 6) is 1.75. The lowest BCUT2D eigenvalue weighted by molar-refractivity contribution is 0.0430. The molecule has 9 heteroatoms. The van der Waals surface area contributed by atoms with Gasteiger partial charge in [-0.3, -0.25) is 0 Å². The molecule has 0 N–H and O–H groups in total. The quantitative estimate of drug-likeness (QED) is 0.423. The van der Waals surface area contributed by atoms with Crippen LogP contribution >= 0.6 is 0 Å². The number of benzene rings is 2. The van der Waals surface area contributed by atoms with E-state index in [4.69, 9.17) is 23.2 Å². The lowest BCUT2D eigenvalue weighted by Gasteiger charge is -2.07. The highest BCUT2D eigenvalue weighted by Crippen LogP contribution is 2.31. The molecule has 9 nitrogen and oxygen atoms in total. The molecule has 4 aromatic rings. The minimum atomic E-state index is -0.513. The maximum Gasteiger partial charge on any atom is 0.338 e. The van der Waals surface area contributed by atoms with Crippen LogP contribution in [-0.4, -0.2) is 35.3 Å². The second-order valence-electron chi connectivity index (χ2n) is 6.10. The number of nitrogens with zero attached hydrogens (tertiary/aromatic N) is 3. The van der Waals surface area contributed by atoms with Crippen LogP contribution in [0.5, 0.6) is 11.5 Å². The van der Waals surface area contributed by atoms with Crippen LogP contribution in [0.15, 0.2) is 64.0 Å². The number of carbonyl (C=O) groups is 1. The number of aromatic nitrogens is 3. The molecule has 0 saturated heterocycles. The Labute approximate surface area is 171 Å². The molecule has 2 heterocycles. The van der Waals surface area contributed by atoms with Gasteiger partial charge in [-0.2, -0.15) is 4.98 Å². The third kappa shape index (κ3) is 4.00. The van der Waals surface area contributed by atoms with Gasteiger partial charge in [0.2, 0.25) is 5.82 Å². The topological polar surface area (TPSA) is 110 Å². The fourth-order valence-electron chi connectivity index (χ4n) is 2.75. The number of methoxy groups -OCH3 is 2. The molecule has 4 rings (SSSR count). The Morgan fingerprint density at radius 1 is 1.07 bits per heavy atom. The van der Waals surface area contributed by atoms with Gasteiger partial charge in [0.15, 0.2) is 18.8 Å². The van der Waals surface area contributed by atoms with Crippen LogP contribution in [0.3, 0.4) is 0 Å². The number of carbonyl (C=O) groups excluding carboxylic acids is 1. The van der Waals surface area contributed by atoms with Crippen LogP contribution in [0, 0.1) is 0 Å². The summed E-state index contributed by atoms with van der Waals surface area (Å²) in [7, 11) is 3.10. The van der Waals surface area contributed by atoms with Crippen LogP contribution in [0.4, 0.5) is 0 Å². The van der Waals surface area contributed by atoms with Crippen molar-refractivity contribution in [2.45, 2.75) is 6.61 Å². The standard InChI is InChI=1S/C21H17N3O6/c1-26-15-7-8-16(17(9-15)27-2)20-23-19(30-24-20)11-28-21(25)14-5-3-13(4-6-14)18-10-22-12-29-18/h3-10,12H,11H2,1-2H3. The first-order valence-corrected chi connectivity index (χ1v) is 8.89. The average molecular weight is 407 g/mol. The minimum Gasteiger partial charge on any atom is -0.497 e. The third-order valence-electron chi connectivity index (χ3n) is 4.28. The molecule has 2 aromatic heterocycles. The van der Waals surface area contributed by atoms with Crippen LogP contribution in [0.2, 0.25) is 0 Å². The fourth-order valence-corrected chi connectivity index (χ4v) is 2.75. The molecule has 0 aliphatic rings. The number of esters is 1. The van der Waals surface area contributed by atoms with Gasteiger partial charge in [0, 0.05) is 11.6 Å². The highest BCUT2D eigenvalue weighted by Gasteiger charge is 2.16. The molecule has 152 valence electrons. The Hall–Kier alpha value is -4.14. The van der Waals surface area contributed by atoms with E-state index in [-0.39, 0.29) is 12.5 Å². The molecule has 2 aromatic carbocycles. The zero-order chi connectivity index (χ0) is 20.9. The second kappa shape index (κ2) is 8.48. The summed E-state index contributed by atoms with van der Waals surface area (Å²) in [4.78, 5) is 20.4. The number of oxazole rings is 1. The molecule has 0 aliphatic carbocycles. The van der Waals surface area contributed by atoms with Crippen molar-refractivity contribution < 1.29 is 27.9 Å². The molecule has 0 unspecified atom stereocenters. The summed E-state index contributed by atoms with van der Waals surface area (Å²) >= 11 is 0. The first-order valence-electron chi connectivity index (χ1n) is 8.89. The van der Waals surface area contributed by atoms with Crippen molar-refractivity contribution in [3.8, 4) is 34.2 Å². The van der Waals surface area contributed by atoms with Crippen molar-refractivity contribution in [1.82, 2.24) is 15.1 Å². The molecule has 0 bridgehead atoms. The van der Waals surface area contributed by atoms with E-state index in [2.05, 4.69) is 15.1 Å². The Morgan fingerprint density at radius 3 is 2.60 bits per heavy atom. The summed E-state index contributed by atoms with van der Waals surface area (Å²) in [5.41, 5.74) is 1.82. The number of hydrogen-bond acceptors (Lipinski definition) is 9. The van der Waals surface area contributed by atoms with Gasteiger partial charge in [0.05, 0.1) is 31.5 Å². The number of rotatable bonds is 7. The van der Waals surface area contributed by atoms with E-state index >= 15 is 0 Å². The largest absolute Gasteiger partial charge is 0.497 e. The van der Waals surface area contributed by atoms with Gasteiger partial charge in [0.1, 0.15) is 11.5 Å². The second-order valence-corrected chi connectivity index (χ2v) is 6.10. The molecule has 0 aliphatic heterocycles. The van der Waals surface area contributed by atoms with Crippen LogP contribution in [0.25, 0.3) is 22.7 Å². The molecule has 0 fully saturated rings. The first kappa shape index (κ1) is 19.2. The summed E-state index contributed by atoms with van der Waals surface area (Å²) in [6, 6.07) is 12.0. The molecule has 0 spiro atoms. The van der Waals surface area contributed by atoms with E-state index in [0.717, 1.165) is 5.56 Å². The van der Waals surface area contributed by atoms with E-state index in [0.29, 0.717) is 34.2 Å².